The van der Waals surface area contributed by atoms with Crippen LogP contribution in [-0.2, 0) is 41.4 Å². The Morgan fingerprint density at radius 2 is 1.21 bits per heavy atom. The van der Waals surface area contributed by atoms with Crippen molar-refractivity contribution < 1.29 is 36.2 Å². The molecule has 2 aromatic heterocycles. The van der Waals surface area contributed by atoms with Gasteiger partial charge in [-0.15, -0.1) is 8.57 Å². The van der Waals surface area contributed by atoms with Crippen molar-refractivity contribution in [3.05, 3.63) is 48.6 Å². The summed E-state index contributed by atoms with van der Waals surface area (Å²) in [6.45, 7) is 0.608. The number of urea groups is 2. The molecule has 2 saturated heterocycles. The van der Waals surface area contributed by atoms with Crippen molar-refractivity contribution in [2.75, 3.05) is 26.2 Å². The van der Waals surface area contributed by atoms with Crippen molar-refractivity contribution >= 4 is 45.7 Å². The van der Waals surface area contributed by atoms with Gasteiger partial charge in [0.2, 0.25) is 11.8 Å². The third kappa shape index (κ3) is 5.56. The van der Waals surface area contributed by atoms with Crippen molar-refractivity contribution in [1.29, 1.82) is 0 Å². The van der Waals surface area contributed by atoms with E-state index in [1.165, 1.54) is 9.80 Å². The number of imidazole rings is 2. The van der Waals surface area contributed by atoms with Crippen LogP contribution in [0.2, 0.25) is 0 Å². The molecule has 228 valence electrons. The lowest BCUT2D eigenvalue weighted by molar-refractivity contribution is -0.118. The molecule has 4 bridgehead atoms. The van der Waals surface area contributed by atoms with Crippen LogP contribution >= 0.6 is 0 Å². The number of hydrogen-bond donors (Lipinski definition) is 2. The molecule has 6 heterocycles. The molecule has 18 nitrogen and oxygen atoms in total. The largest absolute Gasteiger partial charge is 0.442 e. The summed E-state index contributed by atoms with van der Waals surface area (Å²) in [5.74, 6) is 0.151. The zero-order valence-corrected chi connectivity index (χ0v) is 23.5. The van der Waals surface area contributed by atoms with Gasteiger partial charge in [-0.1, -0.05) is 0 Å². The zero-order valence-electron chi connectivity index (χ0n) is 22.7. The van der Waals surface area contributed by atoms with Gasteiger partial charge in [0.05, 0.1) is 13.1 Å². The number of nitrogens with zero attached hydrogens (tertiary/aromatic N) is 8. The van der Waals surface area contributed by atoms with E-state index in [2.05, 4.69) is 9.97 Å². The molecule has 0 radical (unpaired) electrons. The first-order chi connectivity index (χ1) is 20.5. The quantitative estimate of drug-likeness (QED) is 0.285. The van der Waals surface area contributed by atoms with Crippen molar-refractivity contribution in [3.63, 3.8) is 0 Å². The highest BCUT2D eigenvalue weighted by atomic mass is 32.3. The summed E-state index contributed by atoms with van der Waals surface area (Å²) < 4.78 is 39.6. The lowest BCUT2D eigenvalue weighted by Gasteiger charge is -2.23. The third-order valence-electron chi connectivity index (χ3n) is 7.40. The molecule has 19 heteroatoms. The SMILES string of the molecule is NC(=O)CCc1nccn1C1=CC2CN(C1)C(=O)N2OS(=O)(=O)ON1C(=O)N2CC(n3ccnc3CCC(N)=O)=CC1C2. The summed E-state index contributed by atoms with van der Waals surface area (Å²) in [4.78, 5) is 59.8. The van der Waals surface area contributed by atoms with Gasteiger partial charge in [-0.25, -0.2) is 19.6 Å². The van der Waals surface area contributed by atoms with Crippen LogP contribution in [0, 0.1) is 0 Å². The Kier molecular flexibility index (Phi) is 7.14. The Bertz CT molecular complexity index is 1550. The van der Waals surface area contributed by atoms with E-state index in [0.29, 0.717) is 33.2 Å². The summed E-state index contributed by atoms with van der Waals surface area (Å²) >= 11 is 0. The molecule has 0 saturated carbocycles. The molecule has 4 aliphatic rings. The molecular weight excluding hydrogens is 588 g/mol. The monoisotopic (exact) mass is 616 g/mol. The van der Waals surface area contributed by atoms with Crippen LogP contribution in [0.5, 0.6) is 0 Å². The molecule has 0 aliphatic carbocycles. The summed E-state index contributed by atoms with van der Waals surface area (Å²) in [7, 11) is -4.93. The van der Waals surface area contributed by atoms with E-state index in [0.717, 1.165) is 0 Å². The second-order valence-electron chi connectivity index (χ2n) is 10.3. The first-order valence-corrected chi connectivity index (χ1v) is 14.7. The second-order valence-corrected chi connectivity index (χ2v) is 11.5. The van der Waals surface area contributed by atoms with Crippen LogP contribution in [-0.4, -0.2) is 110 Å². The Balaban J connectivity index is 1.16. The molecule has 2 unspecified atom stereocenters. The average Bonchev–Trinajstić information content (AvgIpc) is 3.72. The first-order valence-electron chi connectivity index (χ1n) is 13.3. The van der Waals surface area contributed by atoms with Crippen molar-refractivity contribution in [2.24, 2.45) is 11.5 Å². The third-order valence-corrected chi connectivity index (χ3v) is 8.08. The summed E-state index contributed by atoms with van der Waals surface area (Å²) in [6, 6.07) is -2.99. The van der Waals surface area contributed by atoms with E-state index in [1.807, 2.05) is 0 Å². The van der Waals surface area contributed by atoms with Gasteiger partial charge in [-0.2, -0.15) is 18.5 Å². The summed E-state index contributed by atoms with van der Waals surface area (Å²) in [5.41, 5.74) is 11.8. The van der Waals surface area contributed by atoms with E-state index in [9.17, 15) is 27.6 Å². The highest BCUT2D eigenvalue weighted by Crippen LogP contribution is 2.31. The lowest BCUT2D eigenvalue weighted by Crippen LogP contribution is -2.40. The molecule has 4 N–H and O–H groups in total. The maximum Gasteiger partial charge on any atom is 0.442 e. The van der Waals surface area contributed by atoms with Gasteiger partial charge in [-0.05, 0) is 12.2 Å². The minimum Gasteiger partial charge on any atom is -0.370 e. The van der Waals surface area contributed by atoms with Crippen LogP contribution in [0.1, 0.15) is 24.5 Å². The van der Waals surface area contributed by atoms with Crippen LogP contribution < -0.4 is 11.5 Å². The molecule has 2 aromatic rings. The average molecular weight is 617 g/mol. The Labute approximate surface area is 244 Å². The smallest absolute Gasteiger partial charge is 0.370 e. The minimum absolute atomic E-state index is 0.0876. The number of fused-ring (bicyclic) bond motifs is 4. The Morgan fingerprint density at radius 3 is 1.60 bits per heavy atom. The molecule has 0 spiro atoms. The molecular formula is C24H28N10O8S. The number of amides is 6. The van der Waals surface area contributed by atoms with Gasteiger partial charge < -0.3 is 30.4 Å². The van der Waals surface area contributed by atoms with E-state index in [-0.39, 0.29) is 51.9 Å². The van der Waals surface area contributed by atoms with Gasteiger partial charge in [0.15, 0.2) is 0 Å². The molecule has 6 amide bonds. The molecule has 2 fully saturated rings. The predicted molar refractivity (Wildman–Crippen MR) is 144 cm³/mol. The second kappa shape index (κ2) is 10.8. The fourth-order valence-electron chi connectivity index (χ4n) is 5.49. The Hall–Kier alpha value is -4.75. The van der Waals surface area contributed by atoms with Gasteiger partial charge in [0.25, 0.3) is 0 Å². The minimum atomic E-state index is -4.93. The number of carbonyl (C=O) groups excluding carboxylic acids is 4. The van der Waals surface area contributed by atoms with Gasteiger partial charge in [-0.3, -0.25) is 9.59 Å². The van der Waals surface area contributed by atoms with Crippen LogP contribution in [0.3, 0.4) is 0 Å². The number of hydrogen-bond acceptors (Lipinski definition) is 10. The van der Waals surface area contributed by atoms with Gasteiger partial charge >= 0.3 is 22.5 Å². The number of primary amides is 2. The fourth-order valence-corrected chi connectivity index (χ4v) is 6.26. The first kappa shape index (κ1) is 28.4. The van der Waals surface area contributed by atoms with Crippen LogP contribution in [0.15, 0.2) is 36.9 Å². The molecule has 6 rings (SSSR count). The zero-order chi connectivity index (χ0) is 30.5. The molecule has 4 aliphatic heterocycles. The lowest BCUT2D eigenvalue weighted by atomic mass is 10.1. The Morgan fingerprint density at radius 1 is 0.791 bits per heavy atom. The topological polar surface area (TPSA) is 222 Å². The molecule has 2 atom stereocenters. The number of rotatable bonds is 12. The standard InChI is InChI=1S/C24H28N10O8S/c25-19(35)1-3-21-27-5-7-31(21)15-9-17-13-29(11-15)23(37)33(17)41-43(39,40)42-34-18-10-16(12-30(14-18)24(34)38)32-8-6-28-22(32)4-2-20(26)36/h5-10,17-18H,1-4,11-14H2,(H2,25,35)(H2,26,36). The summed E-state index contributed by atoms with van der Waals surface area (Å²) in [5, 5.41) is 1.38. The van der Waals surface area contributed by atoms with Crippen molar-refractivity contribution in [1.82, 2.24) is 39.0 Å². The number of aryl methyl sites for hydroxylation is 2. The fraction of sp³-hybridized carbons (Fsp3) is 0.417. The molecule has 43 heavy (non-hydrogen) atoms. The van der Waals surface area contributed by atoms with Crippen LogP contribution in [0.4, 0.5) is 9.59 Å². The van der Waals surface area contributed by atoms with E-state index < -0.39 is 46.4 Å². The number of hydroxylamine groups is 4. The highest BCUT2D eigenvalue weighted by Gasteiger charge is 2.47. The number of carbonyl (C=O) groups is 4. The van der Waals surface area contributed by atoms with E-state index in [1.54, 1.807) is 46.1 Å². The number of aromatic nitrogens is 4. The van der Waals surface area contributed by atoms with Gasteiger partial charge in [0.1, 0.15) is 23.7 Å². The van der Waals surface area contributed by atoms with Crippen LogP contribution in [0.25, 0.3) is 11.4 Å². The van der Waals surface area contributed by atoms with Crippen molar-refractivity contribution in [3.8, 4) is 0 Å². The maximum absolute atomic E-state index is 13.0. The van der Waals surface area contributed by atoms with E-state index in [4.69, 9.17) is 20.0 Å². The maximum atomic E-state index is 13.0. The molecule has 0 aromatic carbocycles. The summed E-state index contributed by atoms with van der Waals surface area (Å²) in [6.07, 6.45) is 10.5. The van der Waals surface area contributed by atoms with E-state index >= 15 is 0 Å². The van der Waals surface area contributed by atoms with Crippen molar-refractivity contribution in [2.45, 2.75) is 37.8 Å². The van der Waals surface area contributed by atoms with Gasteiger partial charge in [0, 0.05) is 75.0 Å². The predicted octanol–water partition coefficient (Wildman–Crippen LogP) is -1.35. The highest BCUT2D eigenvalue weighted by molar-refractivity contribution is 7.81. The number of nitrogens with two attached hydrogens (primary N) is 2. The normalized spacial score (nSPS) is 21.5.